The van der Waals surface area contributed by atoms with Gasteiger partial charge in [0.15, 0.2) is 0 Å². The third-order valence-corrected chi connectivity index (χ3v) is 6.90. The summed E-state index contributed by atoms with van der Waals surface area (Å²) in [6, 6.07) is 12.6. The lowest BCUT2D eigenvalue weighted by Gasteiger charge is -2.18. The lowest BCUT2D eigenvalue weighted by atomic mass is 10.2. The number of pyridine rings is 2. The van der Waals surface area contributed by atoms with Gasteiger partial charge in [-0.25, -0.2) is 13.4 Å². The van der Waals surface area contributed by atoms with Gasteiger partial charge in [0.1, 0.15) is 11.0 Å². The molecular formula is C19H18BrN3O3S. The molecule has 0 N–H and O–H groups in total. The van der Waals surface area contributed by atoms with Gasteiger partial charge in [0.05, 0.1) is 12.1 Å². The van der Waals surface area contributed by atoms with Crippen LogP contribution in [0.15, 0.2) is 58.0 Å². The zero-order chi connectivity index (χ0) is 19.0. The molecule has 1 atom stereocenters. The van der Waals surface area contributed by atoms with Crippen molar-refractivity contribution in [3.8, 4) is 5.88 Å². The lowest BCUT2D eigenvalue weighted by Crippen LogP contribution is -2.31. The molecule has 1 fully saturated rings. The van der Waals surface area contributed by atoms with Gasteiger partial charge in [-0.3, -0.25) is 4.98 Å². The number of hydrogen-bond donors (Lipinski definition) is 0. The maximum Gasteiger partial charge on any atom is 0.245 e. The van der Waals surface area contributed by atoms with Crippen LogP contribution in [0.4, 0.5) is 0 Å². The number of hydrogen-bond acceptors (Lipinski definition) is 5. The number of benzene rings is 1. The topological polar surface area (TPSA) is 72.4 Å². The number of ether oxygens (including phenoxy) is 1. The standard InChI is InChI=1S/C19H18BrN3O3S/c1-13-5-6-14-3-2-4-17(19(14)22-13)27(24,25)23-10-9-16(12-23)26-18-8-7-15(20)11-21-18/h2-8,11,16H,9-10,12H2,1H3. The molecule has 1 aliphatic heterocycles. The Morgan fingerprint density at radius 1 is 1.19 bits per heavy atom. The van der Waals surface area contributed by atoms with Crippen molar-refractivity contribution in [3.05, 3.63) is 58.8 Å². The van der Waals surface area contributed by atoms with Crippen LogP contribution in [0.5, 0.6) is 5.88 Å². The maximum absolute atomic E-state index is 13.2. The van der Waals surface area contributed by atoms with Gasteiger partial charge in [-0.1, -0.05) is 18.2 Å². The van der Waals surface area contributed by atoms with Crippen LogP contribution < -0.4 is 4.74 Å². The summed E-state index contributed by atoms with van der Waals surface area (Å²) >= 11 is 3.33. The molecule has 3 heterocycles. The van der Waals surface area contributed by atoms with E-state index < -0.39 is 10.0 Å². The molecule has 4 rings (SSSR count). The number of para-hydroxylation sites is 1. The van der Waals surface area contributed by atoms with E-state index in [0.29, 0.717) is 30.9 Å². The van der Waals surface area contributed by atoms with Gasteiger partial charge in [0, 0.05) is 34.4 Å². The lowest BCUT2D eigenvalue weighted by molar-refractivity contribution is 0.207. The average Bonchev–Trinajstić information content (AvgIpc) is 3.12. The molecule has 1 unspecified atom stereocenters. The Bertz CT molecular complexity index is 1090. The first-order valence-corrected chi connectivity index (χ1v) is 10.8. The Hall–Kier alpha value is -2.03. The summed E-state index contributed by atoms with van der Waals surface area (Å²) in [5, 5.41) is 0.813. The van der Waals surface area contributed by atoms with Gasteiger partial charge >= 0.3 is 0 Å². The molecule has 2 aromatic heterocycles. The van der Waals surface area contributed by atoms with Gasteiger partial charge in [0.25, 0.3) is 0 Å². The molecule has 0 bridgehead atoms. The quantitative estimate of drug-likeness (QED) is 0.611. The number of nitrogens with zero attached hydrogens (tertiary/aromatic N) is 3. The molecule has 1 aliphatic rings. The van der Waals surface area contributed by atoms with Crippen LogP contribution in [0, 0.1) is 6.92 Å². The molecule has 27 heavy (non-hydrogen) atoms. The van der Waals surface area contributed by atoms with E-state index in [0.717, 1.165) is 15.6 Å². The van der Waals surface area contributed by atoms with Crippen LogP contribution in [-0.2, 0) is 10.0 Å². The molecule has 0 amide bonds. The maximum atomic E-state index is 13.2. The second-order valence-corrected chi connectivity index (χ2v) is 9.31. The monoisotopic (exact) mass is 447 g/mol. The van der Waals surface area contributed by atoms with Crippen molar-refractivity contribution >= 4 is 36.9 Å². The minimum absolute atomic E-state index is 0.224. The highest BCUT2D eigenvalue weighted by molar-refractivity contribution is 9.10. The molecule has 140 valence electrons. The largest absolute Gasteiger partial charge is 0.473 e. The van der Waals surface area contributed by atoms with E-state index in [1.807, 2.05) is 31.2 Å². The minimum atomic E-state index is -3.65. The van der Waals surface area contributed by atoms with Crippen molar-refractivity contribution in [3.63, 3.8) is 0 Å². The Morgan fingerprint density at radius 3 is 2.81 bits per heavy atom. The zero-order valence-electron chi connectivity index (χ0n) is 14.7. The average molecular weight is 448 g/mol. The summed E-state index contributed by atoms with van der Waals surface area (Å²) in [6.07, 6.45) is 2.05. The summed E-state index contributed by atoms with van der Waals surface area (Å²) in [7, 11) is -3.65. The van der Waals surface area contributed by atoms with Crippen molar-refractivity contribution in [2.75, 3.05) is 13.1 Å². The normalized spacial score (nSPS) is 18.1. The van der Waals surface area contributed by atoms with Crippen LogP contribution in [0.1, 0.15) is 12.1 Å². The number of halogens is 1. The van der Waals surface area contributed by atoms with Gasteiger partial charge in [-0.2, -0.15) is 4.31 Å². The fraction of sp³-hybridized carbons (Fsp3) is 0.263. The molecule has 0 radical (unpaired) electrons. The fourth-order valence-corrected chi connectivity index (χ4v) is 5.06. The van der Waals surface area contributed by atoms with E-state index in [2.05, 4.69) is 25.9 Å². The molecule has 3 aromatic rings. The van der Waals surface area contributed by atoms with Crippen LogP contribution in [0.3, 0.4) is 0 Å². The van der Waals surface area contributed by atoms with E-state index in [1.165, 1.54) is 4.31 Å². The third-order valence-electron chi connectivity index (χ3n) is 4.54. The fourth-order valence-electron chi connectivity index (χ4n) is 3.18. The smallest absolute Gasteiger partial charge is 0.245 e. The second-order valence-electron chi connectivity index (χ2n) is 6.49. The SMILES string of the molecule is Cc1ccc2cccc(S(=O)(=O)N3CCC(Oc4ccc(Br)cn4)C3)c2n1. The molecule has 6 nitrogen and oxygen atoms in total. The summed E-state index contributed by atoms with van der Waals surface area (Å²) in [5.74, 6) is 0.491. The van der Waals surface area contributed by atoms with Crippen molar-refractivity contribution in [1.29, 1.82) is 0 Å². The summed E-state index contributed by atoms with van der Waals surface area (Å²) < 4.78 is 34.6. The van der Waals surface area contributed by atoms with Crippen LogP contribution in [0.25, 0.3) is 10.9 Å². The second kappa shape index (κ2) is 7.18. The Morgan fingerprint density at radius 2 is 2.04 bits per heavy atom. The number of aromatic nitrogens is 2. The highest BCUT2D eigenvalue weighted by Gasteiger charge is 2.35. The predicted octanol–water partition coefficient (Wildman–Crippen LogP) is 3.54. The first kappa shape index (κ1) is 18.3. The van der Waals surface area contributed by atoms with Gasteiger partial charge < -0.3 is 4.74 Å². The van der Waals surface area contributed by atoms with Gasteiger partial charge in [-0.05, 0) is 47.5 Å². The first-order chi connectivity index (χ1) is 12.9. The molecule has 8 heteroatoms. The number of rotatable bonds is 4. The molecule has 0 aliphatic carbocycles. The zero-order valence-corrected chi connectivity index (χ0v) is 17.1. The van der Waals surface area contributed by atoms with E-state index in [9.17, 15) is 8.42 Å². The van der Waals surface area contributed by atoms with E-state index in [1.54, 1.807) is 24.4 Å². The highest BCUT2D eigenvalue weighted by Crippen LogP contribution is 2.28. The molecule has 1 saturated heterocycles. The van der Waals surface area contributed by atoms with Crippen molar-refractivity contribution in [2.45, 2.75) is 24.3 Å². The van der Waals surface area contributed by atoms with Crippen molar-refractivity contribution in [1.82, 2.24) is 14.3 Å². The summed E-state index contributed by atoms with van der Waals surface area (Å²) in [6.45, 7) is 2.56. The number of aryl methyl sites for hydroxylation is 1. The molecule has 1 aromatic carbocycles. The third kappa shape index (κ3) is 3.69. The van der Waals surface area contributed by atoms with Gasteiger partial charge in [0.2, 0.25) is 15.9 Å². The molecular weight excluding hydrogens is 430 g/mol. The van der Waals surface area contributed by atoms with E-state index in [4.69, 9.17) is 4.74 Å². The van der Waals surface area contributed by atoms with E-state index >= 15 is 0 Å². The molecule has 0 spiro atoms. The summed E-state index contributed by atoms with van der Waals surface area (Å²) in [5.41, 5.74) is 1.30. The minimum Gasteiger partial charge on any atom is -0.473 e. The first-order valence-electron chi connectivity index (χ1n) is 8.58. The van der Waals surface area contributed by atoms with Crippen LogP contribution in [-0.4, -0.2) is 41.9 Å². The number of sulfonamides is 1. The highest BCUT2D eigenvalue weighted by atomic mass is 79.9. The Balaban J connectivity index is 1.58. The Labute approximate surface area is 166 Å². The Kier molecular flexibility index (Phi) is 4.88. The number of fused-ring (bicyclic) bond motifs is 1. The van der Waals surface area contributed by atoms with Crippen LogP contribution >= 0.6 is 15.9 Å². The van der Waals surface area contributed by atoms with Crippen LogP contribution in [0.2, 0.25) is 0 Å². The van der Waals surface area contributed by atoms with Crippen molar-refractivity contribution < 1.29 is 13.2 Å². The molecule has 0 saturated carbocycles. The van der Waals surface area contributed by atoms with Gasteiger partial charge in [-0.15, -0.1) is 0 Å². The summed E-state index contributed by atoms with van der Waals surface area (Å²) in [4.78, 5) is 8.89. The van der Waals surface area contributed by atoms with E-state index in [-0.39, 0.29) is 11.0 Å². The predicted molar refractivity (Wildman–Crippen MR) is 106 cm³/mol. The van der Waals surface area contributed by atoms with Crippen molar-refractivity contribution in [2.24, 2.45) is 0 Å².